The number of rotatable bonds is 9. The van der Waals surface area contributed by atoms with E-state index in [0.717, 1.165) is 12.8 Å². The van der Waals surface area contributed by atoms with E-state index < -0.39 is 5.82 Å². The number of amides is 1. The molecule has 1 N–H and O–H groups in total. The predicted molar refractivity (Wildman–Crippen MR) is 102 cm³/mol. The van der Waals surface area contributed by atoms with Gasteiger partial charge in [0.1, 0.15) is 0 Å². The van der Waals surface area contributed by atoms with E-state index >= 15 is 0 Å². The van der Waals surface area contributed by atoms with E-state index in [1.807, 2.05) is 0 Å². The van der Waals surface area contributed by atoms with Crippen molar-refractivity contribution < 1.29 is 23.4 Å². The fourth-order valence-corrected chi connectivity index (χ4v) is 2.57. The summed E-state index contributed by atoms with van der Waals surface area (Å²) < 4.78 is 29.8. The van der Waals surface area contributed by atoms with Crippen molar-refractivity contribution in [3.05, 3.63) is 53.3 Å². The molecule has 0 saturated heterocycles. The molecule has 0 aliphatic rings. The van der Waals surface area contributed by atoms with Crippen LogP contribution in [0.25, 0.3) is 0 Å². The normalized spacial score (nSPS) is 11.6. The zero-order valence-corrected chi connectivity index (χ0v) is 16.2. The second kappa shape index (κ2) is 9.80. The van der Waals surface area contributed by atoms with Gasteiger partial charge in [-0.05, 0) is 49.2 Å². The first-order valence-corrected chi connectivity index (χ1v) is 8.95. The van der Waals surface area contributed by atoms with E-state index in [-0.39, 0.29) is 17.7 Å². The summed E-state index contributed by atoms with van der Waals surface area (Å²) in [6.45, 7) is 4.47. The average molecular weight is 375 g/mol. The number of benzene rings is 2. The van der Waals surface area contributed by atoms with Crippen molar-refractivity contribution in [2.75, 3.05) is 20.8 Å². The molecule has 0 spiro atoms. The molecule has 0 radical (unpaired) electrons. The molecule has 27 heavy (non-hydrogen) atoms. The Balaban J connectivity index is 2.09. The Labute approximate surface area is 159 Å². The maximum atomic E-state index is 13.9. The Hall–Kier alpha value is -2.76. The Morgan fingerprint density at radius 1 is 1.07 bits per heavy atom. The van der Waals surface area contributed by atoms with E-state index in [4.69, 9.17) is 14.2 Å². The number of methoxy groups -OCH3 is 2. The van der Waals surface area contributed by atoms with Gasteiger partial charge in [-0.2, -0.15) is 0 Å². The van der Waals surface area contributed by atoms with Crippen LogP contribution in [0.3, 0.4) is 0 Å². The first kappa shape index (κ1) is 20.6. The van der Waals surface area contributed by atoms with Crippen molar-refractivity contribution >= 4 is 5.91 Å². The van der Waals surface area contributed by atoms with Gasteiger partial charge in [-0.25, -0.2) is 4.39 Å². The first-order chi connectivity index (χ1) is 13.0. The molecule has 2 rings (SSSR count). The molecule has 6 heteroatoms. The summed E-state index contributed by atoms with van der Waals surface area (Å²) in [6, 6.07) is 9.29. The molecule has 0 saturated carbocycles. The lowest BCUT2D eigenvalue weighted by molar-refractivity contribution is 0.0939. The van der Waals surface area contributed by atoms with Gasteiger partial charge in [0.2, 0.25) is 0 Å². The lowest BCUT2D eigenvalue weighted by Gasteiger charge is -2.16. The highest BCUT2D eigenvalue weighted by Gasteiger charge is 2.15. The van der Waals surface area contributed by atoms with Gasteiger partial charge in [-0.1, -0.05) is 19.4 Å². The first-order valence-electron chi connectivity index (χ1n) is 8.95. The molecule has 1 amide bonds. The second-order valence-electron chi connectivity index (χ2n) is 6.16. The largest absolute Gasteiger partial charge is 0.494 e. The number of carbonyl (C=O) groups is 1. The van der Waals surface area contributed by atoms with Gasteiger partial charge in [0.05, 0.1) is 26.9 Å². The molecule has 0 bridgehead atoms. The second-order valence-corrected chi connectivity index (χ2v) is 6.16. The van der Waals surface area contributed by atoms with Crippen LogP contribution >= 0.6 is 0 Å². The van der Waals surface area contributed by atoms with Crippen LogP contribution in [0, 0.1) is 5.82 Å². The third-order valence-corrected chi connectivity index (χ3v) is 4.20. The average Bonchev–Trinajstić information content (AvgIpc) is 2.68. The Bertz CT molecular complexity index is 779. The lowest BCUT2D eigenvalue weighted by atomic mass is 10.1. The predicted octanol–water partition coefficient (Wildman–Crippen LogP) is 4.51. The van der Waals surface area contributed by atoms with Crippen molar-refractivity contribution in [2.45, 2.75) is 32.7 Å². The molecule has 1 atom stereocenters. The topological polar surface area (TPSA) is 56.8 Å². The summed E-state index contributed by atoms with van der Waals surface area (Å²) in [5.41, 5.74) is 1.09. The van der Waals surface area contributed by atoms with Crippen molar-refractivity contribution in [3.63, 3.8) is 0 Å². The number of hydrogen-bond acceptors (Lipinski definition) is 4. The van der Waals surface area contributed by atoms with Crippen LogP contribution < -0.4 is 19.5 Å². The molecule has 0 heterocycles. The molecule has 2 aromatic rings. The molecule has 0 fully saturated rings. The third kappa shape index (κ3) is 5.36. The van der Waals surface area contributed by atoms with Gasteiger partial charge < -0.3 is 19.5 Å². The highest BCUT2D eigenvalue weighted by atomic mass is 19.1. The van der Waals surface area contributed by atoms with Crippen molar-refractivity contribution in [2.24, 2.45) is 0 Å². The Kier molecular flexibility index (Phi) is 7.46. The molecule has 0 aromatic heterocycles. The van der Waals surface area contributed by atoms with Crippen molar-refractivity contribution in [1.29, 1.82) is 0 Å². The molecule has 146 valence electrons. The molecular formula is C21H26FNO4. The van der Waals surface area contributed by atoms with E-state index in [1.165, 1.54) is 20.3 Å². The SMILES string of the molecule is CCCCOc1ccc(C(=O)N[C@@H](C)c2ccc(OC)c(F)c2)cc1OC. The number of hydrogen-bond donors (Lipinski definition) is 1. The van der Waals surface area contributed by atoms with Crippen molar-refractivity contribution in [1.82, 2.24) is 5.32 Å². The Morgan fingerprint density at radius 2 is 1.78 bits per heavy atom. The van der Waals surface area contributed by atoms with E-state index in [2.05, 4.69) is 12.2 Å². The van der Waals surface area contributed by atoms with Crippen LogP contribution in [0.15, 0.2) is 36.4 Å². The standard InChI is InChI=1S/C21H26FNO4/c1-5-6-11-27-19-10-8-16(13-20(19)26-4)21(24)23-14(2)15-7-9-18(25-3)17(22)12-15/h7-10,12-14H,5-6,11H2,1-4H3,(H,23,24)/t14-/m0/s1. The third-order valence-electron chi connectivity index (χ3n) is 4.20. The van der Waals surface area contributed by atoms with Crippen LogP contribution in [0.4, 0.5) is 4.39 Å². The fourth-order valence-electron chi connectivity index (χ4n) is 2.57. The minimum absolute atomic E-state index is 0.167. The molecule has 2 aromatic carbocycles. The maximum absolute atomic E-state index is 13.9. The monoisotopic (exact) mass is 375 g/mol. The number of carbonyl (C=O) groups excluding carboxylic acids is 1. The van der Waals surface area contributed by atoms with Gasteiger partial charge >= 0.3 is 0 Å². The molecular weight excluding hydrogens is 349 g/mol. The van der Waals surface area contributed by atoms with E-state index in [9.17, 15) is 9.18 Å². The number of unbranched alkanes of at least 4 members (excludes halogenated alkanes) is 1. The minimum atomic E-state index is -0.466. The zero-order chi connectivity index (χ0) is 19.8. The Morgan fingerprint density at radius 3 is 2.41 bits per heavy atom. The van der Waals surface area contributed by atoms with Gasteiger partial charge in [-0.3, -0.25) is 4.79 Å². The summed E-state index contributed by atoms with van der Waals surface area (Å²) in [4.78, 5) is 12.6. The molecule has 5 nitrogen and oxygen atoms in total. The maximum Gasteiger partial charge on any atom is 0.251 e. The highest BCUT2D eigenvalue weighted by Crippen LogP contribution is 2.29. The summed E-state index contributed by atoms with van der Waals surface area (Å²) in [7, 11) is 2.94. The summed E-state index contributed by atoms with van der Waals surface area (Å²) in [6.07, 6.45) is 1.98. The lowest BCUT2D eigenvalue weighted by Crippen LogP contribution is -2.26. The van der Waals surface area contributed by atoms with E-state index in [1.54, 1.807) is 37.3 Å². The molecule has 0 aliphatic heterocycles. The smallest absolute Gasteiger partial charge is 0.251 e. The summed E-state index contributed by atoms with van der Waals surface area (Å²) in [5.74, 6) is 0.527. The van der Waals surface area contributed by atoms with Gasteiger partial charge in [-0.15, -0.1) is 0 Å². The van der Waals surface area contributed by atoms with Gasteiger partial charge in [0, 0.05) is 5.56 Å². The summed E-state index contributed by atoms with van der Waals surface area (Å²) in [5, 5.41) is 2.86. The van der Waals surface area contributed by atoms with Gasteiger partial charge in [0.15, 0.2) is 23.1 Å². The van der Waals surface area contributed by atoms with Crippen LogP contribution in [0.2, 0.25) is 0 Å². The number of ether oxygens (including phenoxy) is 3. The van der Waals surface area contributed by atoms with Gasteiger partial charge in [0.25, 0.3) is 5.91 Å². The van der Waals surface area contributed by atoms with Crippen LogP contribution in [0.5, 0.6) is 17.2 Å². The quantitative estimate of drug-likeness (QED) is 0.655. The number of halogens is 1. The number of nitrogens with one attached hydrogen (secondary N) is 1. The summed E-state index contributed by atoms with van der Waals surface area (Å²) >= 11 is 0. The zero-order valence-electron chi connectivity index (χ0n) is 16.2. The highest BCUT2D eigenvalue weighted by molar-refractivity contribution is 5.95. The van der Waals surface area contributed by atoms with E-state index in [0.29, 0.717) is 29.2 Å². The van der Waals surface area contributed by atoms with Crippen LogP contribution in [0.1, 0.15) is 48.7 Å². The van der Waals surface area contributed by atoms with Crippen LogP contribution in [-0.2, 0) is 0 Å². The minimum Gasteiger partial charge on any atom is -0.494 e. The van der Waals surface area contributed by atoms with Crippen LogP contribution in [-0.4, -0.2) is 26.7 Å². The molecule has 0 aliphatic carbocycles. The molecule has 0 unspecified atom stereocenters. The fraction of sp³-hybridized carbons (Fsp3) is 0.381. The van der Waals surface area contributed by atoms with Crippen molar-refractivity contribution in [3.8, 4) is 17.2 Å².